The van der Waals surface area contributed by atoms with Crippen LogP contribution < -0.4 is 15.4 Å². The second-order valence-corrected chi connectivity index (χ2v) is 11.2. The fourth-order valence-electron chi connectivity index (χ4n) is 4.86. The van der Waals surface area contributed by atoms with E-state index in [0.29, 0.717) is 6.42 Å². The van der Waals surface area contributed by atoms with E-state index < -0.39 is 10.0 Å². The number of carbonyl (C=O) groups is 1. The number of fused-ring (bicyclic) bond motifs is 2. The molecule has 1 aliphatic rings. The van der Waals surface area contributed by atoms with Crippen molar-refractivity contribution in [3.63, 3.8) is 0 Å². The summed E-state index contributed by atoms with van der Waals surface area (Å²) in [7, 11) is -3.75. The number of rotatable bonds is 8. The van der Waals surface area contributed by atoms with Gasteiger partial charge in [-0.1, -0.05) is 72.8 Å². The van der Waals surface area contributed by atoms with Crippen LogP contribution in [0.3, 0.4) is 0 Å². The van der Waals surface area contributed by atoms with Crippen LogP contribution in [0, 0.1) is 5.92 Å². The van der Waals surface area contributed by atoms with Crippen molar-refractivity contribution >= 4 is 37.5 Å². The Hall–Kier alpha value is -3.26. The second-order valence-electron chi connectivity index (χ2n) is 9.48. The average Bonchev–Trinajstić information content (AvgIpc) is 2.92. The van der Waals surface area contributed by atoms with Crippen molar-refractivity contribution in [1.29, 1.82) is 0 Å². The van der Waals surface area contributed by atoms with Crippen LogP contribution >= 0.6 is 0 Å². The van der Waals surface area contributed by atoms with E-state index in [1.54, 1.807) is 12.1 Å². The standard InChI is InChI=1S/C29H31N3O3S/c33-29(24-13-15-30-16-14-24)32-27(18-21-9-10-22-5-1-3-7-25(22)17-21)20-31-36(34,35)28-12-11-23-6-2-4-8-26(23)19-28/h1-12,17,19,24,27,30-31H,13-16,18,20H2,(H,32,33). The van der Waals surface area contributed by atoms with Gasteiger partial charge >= 0.3 is 0 Å². The van der Waals surface area contributed by atoms with Gasteiger partial charge in [-0.15, -0.1) is 0 Å². The van der Waals surface area contributed by atoms with Crippen LogP contribution in [0.2, 0.25) is 0 Å². The molecular weight excluding hydrogens is 470 g/mol. The van der Waals surface area contributed by atoms with Crippen LogP contribution in [0.15, 0.2) is 89.8 Å². The highest BCUT2D eigenvalue weighted by atomic mass is 32.2. The molecule has 0 saturated carbocycles. The van der Waals surface area contributed by atoms with Gasteiger partial charge in [0.05, 0.1) is 4.90 Å². The fraction of sp³-hybridized carbons (Fsp3) is 0.276. The van der Waals surface area contributed by atoms with Gasteiger partial charge < -0.3 is 10.6 Å². The molecule has 4 aromatic rings. The number of piperidine rings is 1. The lowest BCUT2D eigenvalue weighted by molar-refractivity contribution is -0.126. The van der Waals surface area contributed by atoms with Crippen LogP contribution in [-0.4, -0.2) is 40.0 Å². The summed E-state index contributed by atoms with van der Waals surface area (Å²) < 4.78 is 29.1. The van der Waals surface area contributed by atoms with Crippen molar-refractivity contribution in [3.05, 3.63) is 90.5 Å². The van der Waals surface area contributed by atoms with Crippen LogP contribution in [-0.2, 0) is 21.2 Å². The SMILES string of the molecule is O=C(NC(CNS(=O)(=O)c1ccc2ccccc2c1)Cc1ccc2ccccc2c1)C1CCNCC1. The van der Waals surface area contributed by atoms with Gasteiger partial charge in [0.2, 0.25) is 15.9 Å². The third kappa shape index (κ3) is 5.75. The lowest BCUT2D eigenvalue weighted by atomic mass is 9.96. The Morgan fingerprint density at radius 1 is 0.833 bits per heavy atom. The molecule has 3 N–H and O–H groups in total. The van der Waals surface area contributed by atoms with Gasteiger partial charge in [0.1, 0.15) is 0 Å². The Labute approximate surface area is 212 Å². The van der Waals surface area contributed by atoms with Gasteiger partial charge in [-0.3, -0.25) is 4.79 Å². The van der Waals surface area contributed by atoms with E-state index in [4.69, 9.17) is 0 Å². The topological polar surface area (TPSA) is 87.3 Å². The fourth-order valence-corrected chi connectivity index (χ4v) is 5.97. The van der Waals surface area contributed by atoms with Gasteiger partial charge in [0.25, 0.3) is 0 Å². The minimum atomic E-state index is -3.75. The van der Waals surface area contributed by atoms with Crippen molar-refractivity contribution in [2.24, 2.45) is 5.92 Å². The molecule has 0 bridgehead atoms. The molecule has 0 aromatic heterocycles. The summed E-state index contributed by atoms with van der Waals surface area (Å²) in [6.07, 6.45) is 2.11. The Kier molecular flexibility index (Phi) is 7.32. The van der Waals surface area contributed by atoms with Gasteiger partial charge in [-0.25, -0.2) is 13.1 Å². The third-order valence-electron chi connectivity index (χ3n) is 6.90. The predicted molar refractivity (Wildman–Crippen MR) is 144 cm³/mol. The Balaban J connectivity index is 1.34. The van der Waals surface area contributed by atoms with Crippen LogP contribution in [0.4, 0.5) is 0 Å². The molecule has 1 fully saturated rings. The molecule has 1 heterocycles. The number of sulfonamides is 1. The first-order chi connectivity index (χ1) is 17.5. The van der Waals surface area contributed by atoms with Gasteiger partial charge in [-0.05, 0) is 71.6 Å². The molecule has 1 amide bonds. The molecule has 1 saturated heterocycles. The summed E-state index contributed by atoms with van der Waals surface area (Å²) in [5.74, 6) is -0.0605. The molecule has 1 unspecified atom stereocenters. The summed E-state index contributed by atoms with van der Waals surface area (Å²) in [6.45, 7) is 1.75. The number of amides is 1. The van der Waals surface area contributed by atoms with Crippen molar-refractivity contribution < 1.29 is 13.2 Å². The van der Waals surface area contributed by atoms with Crippen molar-refractivity contribution in [1.82, 2.24) is 15.4 Å². The molecule has 186 valence electrons. The van der Waals surface area contributed by atoms with Gasteiger partial charge in [0, 0.05) is 18.5 Å². The molecule has 1 atom stereocenters. The lowest BCUT2D eigenvalue weighted by Gasteiger charge is -2.26. The molecule has 0 radical (unpaired) electrons. The molecule has 7 heteroatoms. The third-order valence-corrected chi connectivity index (χ3v) is 8.32. The normalized spacial score (nSPS) is 15.7. The van der Waals surface area contributed by atoms with Crippen molar-refractivity contribution in [2.75, 3.05) is 19.6 Å². The first kappa shape index (κ1) is 24.4. The van der Waals surface area contributed by atoms with E-state index in [0.717, 1.165) is 53.0 Å². The monoisotopic (exact) mass is 501 g/mol. The maximum Gasteiger partial charge on any atom is 0.240 e. The summed E-state index contributed by atoms with van der Waals surface area (Å²) >= 11 is 0. The largest absolute Gasteiger partial charge is 0.351 e. The first-order valence-electron chi connectivity index (χ1n) is 12.5. The number of benzene rings is 4. The van der Waals surface area contributed by atoms with E-state index in [1.807, 2.05) is 48.5 Å². The Bertz CT molecular complexity index is 1480. The minimum absolute atomic E-state index is 0.00723. The molecule has 1 aliphatic heterocycles. The highest BCUT2D eigenvalue weighted by Crippen LogP contribution is 2.20. The zero-order valence-electron chi connectivity index (χ0n) is 20.1. The van der Waals surface area contributed by atoms with Gasteiger partial charge in [0.15, 0.2) is 0 Å². The maximum atomic E-state index is 13.2. The number of carbonyl (C=O) groups excluding carboxylic acids is 1. The van der Waals surface area contributed by atoms with E-state index in [9.17, 15) is 13.2 Å². The maximum absolute atomic E-state index is 13.2. The number of hydrogen-bond acceptors (Lipinski definition) is 4. The Morgan fingerprint density at radius 3 is 2.14 bits per heavy atom. The minimum Gasteiger partial charge on any atom is -0.351 e. The van der Waals surface area contributed by atoms with Crippen LogP contribution in [0.5, 0.6) is 0 Å². The van der Waals surface area contributed by atoms with Crippen LogP contribution in [0.1, 0.15) is 18.4 Å². The highest BCUT2D eigenvalue weighted by Gasteiger charge is 2.25. The highest BCUT2D eigenvalue weighted by molar-refractivity contribution is 7.89. The average molecular weight is 502 g/mol. The summed E-state index contributed by atoms with van der Waals surface area (Å²) in [4.78, 5) is 13.3. The number of hydrogen-bond donors (Lipinski definition) is 3. The summed E-state index contributed by atoms with van der Waals surface area (Å²) in [6, 6.07) is 26.8. The van der Waals surface area contributed by atoms with Crippen molar-refractivity contribution in [3.8, 4) is 0 Å². The molecule has 0 spiro atoms. The zero-order valence-corrected chi connectivity index (χ0v) is 20.9. The van der Waals surface area contributed by atoms with Gasteiger partial charge in [-0.2, -0.15) is 0 Å². The predicted octanol–water partition coefficient (Wildman–Crippen LogP) is 4.00. The second kappa shape index (κ2) is 10.8. The summed E-state index contributed by atoms with van der Waals surface area (Å²) in [5, 5.41) is 10.5. The smallest absolute Gasteiger partial charge is 0.240 e. The van der Waals surface area contributed by atoms with E-state index in [2.05, 4.69) is 39.6 Å². The quantitative estimate of drug-likeness (QED) is 0.341. The zero-order chi connectivity index (χ0) is 25.0. The first-order valence-corrected chi connectivity index (χ1v) is 13.9. The molecular formula is C29H31N3O3S. The number of nitrogens with one attached hydrogen (secondary N) is 3. The molecule has 6 nitrogen and oxygen atoms in total. The Morgan fingerprint density at radius 2 is 1.44 bits per heavy atom. The lowest BCUT2D eigenvalue weighted by Crippen LogP contribution is -2.48. The van der Waals surface area contributed by atoms with E-state index in [1.165, 1.54) is 0 Å². The molecule has 5 rings (SSSR count). The molecule has 4 aromatic carbocycles. The van der Waals surface area contributed by atoms with Crippen LogP contribution in [0.25, 0.3) is 21.5 Å². The van der Waals surface area contributed by atoms with Crippen molar-refractivity contribution in [2.45, 2.75) is 30.2 Å². The summed E-state index contributed by atoms with van der Waals surface area (Å²) in [5.41, 5.74) is 1.05. The molecule has 36 heavy (non-hydrogen) atoms. The van der Waals surface area contributed by atoms with E-state index in [-0.39, 0.29) is 29.3 Å². The molecule has 0 aliphatic carbocycles. The van der Waals surface area contributed by atoms with E-state index >= 15 is 0 Å².